The molecule has 0 atom stereocenters. The molecule has 1 aromatic rings. The molecule has 0 unspecified atom stereocenters. The first-order chi connectivity index (χ1) is 10.2. The highest BCUT2D eigenvalue weighted by atomic mass is 19.1. The first-order valence-electron chi connectivity index (χ1n) is 7.26. The van der Waals surface area contributed by atoms with Crippen molar-refractivity contribution < 1.29 is 13.9 Å². The molecule has 21 heavy (non-hydrogen) atoms. The zero-order valence-corrected chi connectivity index (χ0v) is 12.3. The topological polar surface area (TPSA) is 32.8 Å². The molecule has 1 aromatic carbocycles. The third-order valence-electron chi connectivity index (χ3n) is 3.47. The van der Waals surface area contributed by atoms with Gasteiger partial charge in [-0.2, -0.15) is 0 Å². The van der Waals surface area contributed by atoms with Gasteiger partial charge < -0.3 is 9.64 Å². The number of piperazine rings is 1. The highest BCUT2D eigenvalue weighted by Gasteiger charge is 2.18. The molecule has 4 nitrogen and oxygen atoms in total. The van der Waals surface area contributed by atoms with Crippen molar-refractivity contribution in [2.24, 2.45) is 0 Å². The molecule has 1 aliphatic heterocycles. The van der Waals surface area contributed by atoms with Gasteiger partial charge in [-0.15, -0.1) is 0 Å². The van der Waals surface area contributed by atoms with E-state index in [0.29, 0.717) is 18.8 Å². The van der Waals surface area contributed by atoms with Crippen LogP contribution < -0.4 is 4.90 Å². The zero-order chi connectivity index (χ0) is 15.1. The number of benzene rings is 1. The first-order valence-corrected chi connectivity index (χ1v) is 7.26. The fraction of sp³-hybridized carbons (Fsp3) is 0.438. The molecule has 0 aromatic heterocycles. The van der Waals surface area contributed by atoms with Crippen molar-refractivity contribution in [2.75, 3.05) is 44.2 Å². The van der Waals surface area contributed by atoms with Gasteiger partial charge in [0.2, 0.25) is 0 Å². The van der Waals surface area contributed by atoms with Crippen molar-refractivity contribution in [2.45, 2.75) is 6.92 Å². The maximum absolute atomic E-state index is 13.7. The molecule has 1 aliphatic rings. The molecule has 0 aliphatic carbocycles. The Kier molecular flexibility index (Phi) is 5.75. The van der Waals surface area contributed by atoms with Gasteiger partial charge in [-0.25, -0.2) is 9.18 Å². The Hall–Kier alpha value is -1.88. The minimum Gasteiger partial charge on any atom is -0.463 e. The van der Waals surface area contributed by atoms with E-state index in [-0.39, 0.29) is 11.8 Å². The number of carbonyl (C=O) groups is 1. The van der Waals surface area contributed by atoms with Crippen LogP contribution in [0.15, 0.2) is 36.4 Å². The van der Waals surface area contributed by atoms with Crippen molar-refractivity contribution in [1.82, 2.24) is 4.90 Å². The van der Waals surface area contributed by atoms with Crippen molar-refractivity contribution >= 4 is 11.7 Å². The number of para-hydroxylation sites is 1. The molecular formula is C16H21FN2O2. The number of hydrogen-bond acceptors (Lipinski definition) is 4. The monoisotopic (exact) mass is 292 g/mol. The van der Waals surface area contributed by atoms with Crippen LogP contribution in [0, 0.1) is 5.82 Å². The van der Waals surface area contributed by atoms with Gasteiger partial charge in [0.25, 0.3) is 0 Å². The van der Waals surface area contributed by atoms with Gasteiger partial charge in [0, 0.05) is 38.8 Å². The molecule has 1 fully saturated rings. The number of nitrogens with zero attached hydrogens (tertiary/aromatic N) is 2. The lowest BCUT2D eigenvalue weighted by Crippen LogP contribution is -2.46. The summed E-state index contributed by atoms with van der Waals surface area (Å²) in [5.41, 5.74) is 0.666. The Morgan fingerprint density at radius 3 is 2.67 bits per heavy atom. The lowest BCUT2D eigenvalue weighted by molar-refractivity contribution is -0.137. The van der Waals surface area contributed by atoms with Crippen LogP contribution in [0.25, 0.3) is 0 Å². The van der Waals surface area contributed by atoms with Crippen LogP contribution in [0.1, 0.15) is 6.92 Å². The number of hydrogen-bond donors (Lipinski definition) is 0. The van der Waals surface area contributed by atoms with E-state index < -0.39 is 0 Å². The SMILES string of the molecule is CCOC(=O)/C=C/CN1CCN(c2ccccc2F)CC1. The summed E-state index contributed by atoms with van der Waals surface area (Å²) < 4.78 is 18.5. The summed E-state index contributed by atoms with van der Waals surface area (Å²) in [4.78, 5) is 15.5. The van der Waals surface area contributed by atoms with Crippen LogP contribution in [0.2, 0.25) is 0 Å². The molecule has 114 valence electrons. The summed E-state index contributed by atoms with van der Waals surface area (Å²) in [6.45, 7) is 6.16. The maximum atomic E-state index is 13.7. The Morgan fingerprint density at radius 1 is 1.29 bits per heavy atom. The number of rotatable bonds is 5. The predicted molar refractivity (Wildman–Crippen MR) is 80.8 cm³/mol. The third-order valence-corrected chi connectivity index (χ3v) is 3.47. The third kappa shape index (κ3) is 4.56. The fourth-order valence-electron chi connectivity index (χ4n) is 2.37. The number of halogens is 1. The Bertz CT molecular complexity index is 497. The van der Waals surface area contributed by atoms with Crippen molar-refractivity contribution in [3.05, 3.63) is 42.2 Å². The van der Waals surface area contributed by atoms with E-state index in [1.165, 1.54) is 12.1 Å². The average Bonchev–Trinajstić information content (AvgIpc) is 2.49. The van der Waals surface area contributed by atoms with Crippen LogP contribution in [0.3, 0.4) is 0 Å². The van der Waals surface area contributed by atoms with Gasteiger partial charge in [0.1, 0.15) is 5.82 Å². The molecule has 0 spiro atoms. The summed E-state index contributed by atoms with van der Waals surface area (Å²) in [7, 11) is 0. The lowest BCUT2D eigenvalue weighted by atomic mass is 10.2. The Morgan fingerprint density at radius 2 is 2.00 bits per heavy atom. The van der Waals surface area contributed by atoms with Crippen LogP contribution in [-0.4, -0.2) is 50.2 Å². The van der Waals surface area contributed by atoms with Gasteiger partial charge in [0.05, 0.1) is 12.3 Å². The standard InChI is InChI=1S/C16H21FN2O2/c1-2-21-16(20)8-5-9-18-10-12-19(13-11-18)15-7-4-3-6-14(15)17/h3-8H,2,9-13H2,1H3/b8-5+. The van der Waals surface area contributed by atoms with Gasteiger partial charge >= 0.3 is 5.97 Å². The van der Waals surface area contributed by atoms with E-state index in [0.717, 1.165) is 26.2 Å². The summed E-state index contributed by atoms with van der Waals surface area (Å²) in [6.07, 6.45) is 3.28. The normalized spacial score (nSPS) is 16.4. The number of ether oxygens (including phenoxy) is 1. The van der Waals surface area contributed by atoms with Crippen LogP contribution >= 0.6 is 0 Å². The molecule has 0 N–H and O–H groups in total. The van der Waals surface area contributed by atoms with E-state index in [4.69, 9.17) is 4.74 Å². The lowest BCUT2D eigenvalue weighted by Gasteiger charge is -2.35. The predicted octanol–water partition coefficient (Wildman–Crippen LogP) is 2.07. The summed E-state index contributed by atoms with van der Waals surface area (Å²) in [6, 6.07) is 6.86. The zero-order valence-electron chi connectivity index (χ0n) is 12.3. The van der Waals surface area contributed by atoms with Crippen molar-refractivity contribution in [1.29, 1.82) is 0 Å². The maximum Gasteiger partial charge on any atom is 0.330 e. The number of carbonyl (C=O) groups excluding carboxylic acids is 1. The second kappa shape index (κ2) is 7.78. The Balaban J connectivity index is 1.78. The van der Waals surface area contributed by atoms with Crippen LogP contribution in [0.5, 0.6) is 0 Å². The first kappa shape index (κ1) is 15.5. The summed E-state index contributed by atoms with van der Waals surface area (Å²) in [5.74, 6) is -0.476. The molecule has 0 amide bonds. The largest absolute Gasteiger partial charge is 0.463 e. The molecule has 1 heterocycles. The van der Waals surface area contributed by atoms with Crippen molar-refractivity contribution in [3.8, 4) is 0 Å². The smallest absolute Gasteiger partial charge is 0.330 e. The number of anilines is 1. The summed E-state index contributed by atoms with van der Waals surface area (Å²) >= 11 is 0. The van der Waals surface area contributed by atoms with E-state index in [9.17, 15) is 9.18 Å². The fourth-order valence-corrected chi connectivity index (χ4v) is 2.37. The average molecular weight is 292 g/mol. The molecule has 2 rings (SSSR count). The van der Waals surface area contributed by atoms with E-state index in [1.54, 1.807) is 13.0 Å². The van der Waals surface area contributed by atoms with Gasteiger partial charge in [-0.05, 0) is 19.1 Å². The molecule has 0 bridgehead atoms. The Labute approximate surface area is 124 Å². The second-order valence-corrected chi connectivity index (χ2v) is 4.89. The van der Waals surface area contributed by atoms with E-state index in [1.807, 2.05) is 18.2 Å². The van der Waals surface area contributed by atoms with Gasteiger partial charge in [-0.1, -0.05) is 18.2 Å². The second-order valence-electron chi connectivity index (χ2n) is 4.89. The molecule has 0 radical (unpaired) electrons. The van der Waals surface area contributed by atoms with Gasteiger partial charge in [0.15, 0.2) is 0 Å². The van der Waals surface area contributed by atoms with Gasteiger partial charge in [-0.3, -0.25) is 4.90 Å². The molecular weight excluding hydrogens is 271 g/mol. The number of esters is 1. The minimum absolute atomic E-state index is 0.173. The molecule has 1 saturated heterocycles. The van der Waals surface area contributed by atoms with Crippen LogP contribution in [0.4, 0.5) is 10.1 Å². The quantitative estimate of drug-likeness (QED) is 0.614. The van der Waals surface area contributed by atoms with Crippen molar-refractivity contribution in [3.63, 3.8) is 0 Å². The minimum atomic E-state index is -0.303. The molecule has 5 heteroatoms. The van der Waals surface area contributed by atoms with E-state index >= 15 is 0 Å². The highest BCUT2D eigenvalue weighted by Crippen LogP contribution is 2.19. The van der Waals surface area contributed by atoms with E-state index in [2.05, 4.69) is 9.80 Å². The summed E-state index contributed by atoms with van der Waals surface area (Å²) in [5, 5.41) is 0. The van der Waals surface area contributed by atoms with Crippen LogP contribution in [-0.2, 0) is 9.53 Å². The molecule has 0 saturated carbocycles. The highest BCUT2D eigenvalue weighted by molar-refractivity contribution is 5.81.